The first-order valence-electron chi connectivity index (χ1n) is 20.6. The molecule has 290 valence electrons. The van der Waals surface area contributed by atoms with Gasteiger partial charge in [0.2, 0.25) is 0 Å². The molecule has 2 aromatic rings. The van der Waals surface area contributed by atoms with Crippen molar-refractivity contribution in [3.05, 3.63) is 97.1 Å². The fourth-order valence-electron chi connectivity index (χ4n) is 3.23. The highest BCUT2D eigenvalue weighted by Gasteiger charge is 1.96. The topological polar surface area (TPSA) is 0 Å². The Bertz CT molecular complexity index is 575. The van der Waals surface area contributed by atoms with Crippen molar-refractivity contribution >= 4 is 0 Å². The summed E-state index contributed by atoms with van der Waals surface area (Å²) >= 11 is 0. The molecule has 0 aliphatic carbocycles. The van der Waals surface area contributed by atoms with Gasteiger partial charge in [0.05, 0.1) is 0 Å². The van der Waals surface area contributed by atoms with Crippen LogP contribution in [0.15, 0.2) is 74.8 Å². The molecule has 2 rings (SSSR count). The van der Waals surface area contributed by atoms with Crippen LogP contribution in [-0.2, 0) is 12.8 Å². The Morgan fingerprint density at radius 1 is 0.333 bits per heavy atom. The average molecular weight is 675 g/mol. The monoisotopic (exact) mass is 675 g/mol. The van der Waals surface area contributed by atoms with Crippen LogP contribution in [0.5, 0.6) is 0 Å². The van der Waals surface area contributed by atoms with E-state index < -0.39 is 0 Å². The van der Waals surface area contributed by atoms with Gasteiger partial charge in [0.15, 0.2) is 0 Å². The minimum atomic E-state index is 1.25. The molecule has 0 heterocycles. The second kappa shape index (κ2) is 85.0. The smallest absolute Gasteiger partial charge is 0.0279 e. The summed E-state index contributed by atoms with van der Waals surface area (Å²) in [5.41, 5.74) is 5.72. The lowest BCUT2D eigenvalue weighted by Gasteiger charge is -2.04. The van der Waals surface area contributed by atoms with Crippen molar-refractivity contribution in [3.8, 4) is 0 Å². The predicted molar refractivity (Wildman–Crippen MR) is 238 cm³/mol. The third kappa shape index (κ3) is 79.4. The molecule has 0 saturated heterocycles. The second-order valence-electron chi connectivity index (χ2n) is 9.71. The standard InChI is InChI=1S/C24H34.C4H10.2C3H8.5C2H6.2C2H4/c1-21-13-17-23(18-14-21)11-9-7-5-3-4-6-8-10-12-24-19-15-22(2)16-20-24;1-3-4-2;2*1-3-2;7*1-2/h13-20H,3-12H2,1-2H3;3-4H2,1-2H3;2*3H2,1-2H3;5*1-2H3;2*1-2H2. The van der Waals surface area contributed by atoms with Crippen LogP contribution in [0.25, 0.3) is 0 Å². The number of unbranched alkanes of at least 4 members (excludes halogenated alkanes) is 8. The van der Waals surface area contributed by atoms with E-state index in [4.69, 9.17) is 0 Å². The highest BCUT2D eigenvalue weighted by Crippen LogP contribution is 2.13. The van der Waals surface area contributed by atoms with E-state index in [2.05, 4.69) is 130 Å². The maximum atomic E-state index is 3.00. The molecule has 0 amide bonds. The summed E-state index contributed by atoms with van der Waals surface area (Å²) in [5.74, 6) is 0. The third-order valence-corrected chi connectivity index (χ3v) is 5.42. The average Bonchev–Trinajstić information content (AvgIpc) is 3.17. The fraction of sp³-hybridized carbons (Fsp3) is 0.667. The van der Waals surface area contributed by atoms with Crippen molar-refractivity contribution in [2.24, 2.45) is 0 Å². The van der Waals surface area contributed by atoms with Gasteiger partial charge in [-0.15, -0.1) is 26.3 Å². The molecule has 0 radical (unpaired) electrons. The summed E-state index contributed by atoms with van der Waals surface area (Å²) in [6.45, 7) is 49.2. The van der Waals surface area contributed by atoms with Gasteiger partial charge >= 0.3 is 0 Å². The Kier molecular flexibility index (Phi) is 120. The minimum Gasteiger partial charge on any atom is -0.106 e. The van der Waals surface area contributed by atoms with Crippen LogP contribution in [0.2, 0.25) is 0 Å². The second-order valence-corrected chi connectivity index (χ2v) is 9.71. The van der Waals surface area contributed by atoms with Gasteiger partial charge in [0.1, 0.15) is 0 Å². The largest absolute Gasteiger partial charge is 0.106 e. The number of hydrogen-bond donors (Lipinski definition) is 0. The van der Waals surface area contributed by atoms with E-state index in [0.717, 1.165) is 0 Å². The SMILES string of the molecule is C=C.C=C.CC.CC.CC.CC.CC.CCC.CCC.CCCC.Cc1ccc(CCCCCCCCCCc2ccc(C)cc2)cc1. The summed E-state index contributed by atoms with van der Waals surface area (Å²) in [4.78, 5) is 0. The zero-order valence-electron chi connectivity index (χ0n) is 37.3. The first kappa shape index (κ1) is 68.0. The first-order valence-corrected chi connectivity index (χ1v) is 20.6. The molecule has 0 unspecified atom stereocenters. The van der Waals surface area contributed by atoms with Crippen molar-refractivity contribution in [1.29, 1.82) is 0 Å². The van der Waals surface area contributed by atoms with E-state index in [1.807, 2.05) is 69.2 Å². The molecule has 0 fully saturated rings. The predicted octanol–water partition coefficient (Wildman–Crippen LogP) is 18.6. The van der Waals surface area contributed by atoms with E-state index in [1.54, 1.807) is 0 Å². The van der Waals surface area contributed by atoms with Crippen molar-refractivity contribution in [2.75, 3.05) is 0 Å². The summed E-state index contributed by atoms with van der Waals surface area (Å²) in [7, 11) is 0. The van der Waals surface area contributed by atoms with E-state index in [0.29, 0.717) is 0 Å². The molecule has 0 aliphatic heterocycles. The highest BCUT2D eigenvalue weighted by atomic mass is 14.0. The van der Waals surface area contributed by atoms with Crippen molar-refractivity contribution in [2.45, 2.75) is 215 Å². The molecular formula is C48H98. The molecule has 0 heteroatoms. The Morgan fingerprint density at radius 2 is 0.500 bits per heavy atom. The quantitative estimate of drug-likeness (QED) is 0.155. The van der Waals surface area contributed by atoms with Crippen LogP contribution in [0, 0.1) is 13.8 Å². The summed E-state index contributed by atoms with van der Waals surface area (Å²) in [6.07, 6.45) is 18.7. The maximum Gasteiger partial charge on any atom is -0.0279 e. The number of aryl methyl sites for hydroxylation is 4. The van der Waals surface area contributed by atoms with Crippen molar-refractivity contribution in [1.82, 2.24) is 0 Å². The molecule has 0 N–H and O–H groups in total. The van der Waals surface area contributed by atoms with E-state index in [1.165, 1.54) is 112 Å². The van der Waals surface area contributed by atoms with E-state index >= 15 is 0 Å². The minimum absolute atomic E-state index is 1.25. The summed E-state index contributed by atoms with van der Waals surface area (Å²) in [6, 6.07) is 18.0. The van der Waals surface area contributed by atoms with Crippen LogP contribution in [0.1, 0.15) is 210 Å². The Balaban J connectivity index is -0.0000000753. The molecule has 2 aromatic carbocycles. The van der Waals surface area contributed by atoms with Gasteiger partial charge in [0, 0.05) is 0 Å². The lowest BCUT2D eigenvalue weighted by atomic mass is 10.0. The highest BCUT2D eigenvalue weighted by molar-refractivity contribution is 5.22. The number of hydrogen-bond acceptors (Lipinski definition) is 0. The Morgan fingerprint density at radius 3 is 0.667 bits per heavy atom. The molecule has 0 atom stereocenters. The molecule has 48 heavy (non-hydrogen) atoms. The maximum absolute atomic E-state index is 3.00. The zero-order chi connectivity index (χ0) is 39.9. The zero-order valence-corrected chi connectivity index (χ0v) is 37.3. The molecule has 0 aliphatic rings. The molecule has 0 saturated carbocycles. The van der Waals surface area contributed by atoms with Crippen LogP contribution >= 0.6 is 0 Å². The number of benzene rings is 2. The van der Waals surface area contributed by atoms with Crippen LogP contribution in [0.4, 0.5) is 0 Å². The third-order valence-electron chi connectivity index (χ3n) is 5.42. The normalized spacial score (nSPS) is 7.62. The first-order chi connectivity index (χ1) is 23.5. The summed E-state index contributed by atoms with van der Waals surface area (Å²) < 4.78 is 0. The van der Waals surface area contributed by atoms with Gasteiger partial charge in [-0.1, -0.05) is 235 Å². The molecule has 0 aromatic heterocycles. The molecular weight excluding hydrogens is 577 g/mol. The lowest BCUT2D eigenvalue weighted by Crippen LogP contribution is -1.88. The fourth-order valence-corrected chi connectivity index (χ4v) is 3.23. The molecule has 0 nitrogen and oxygen atoms in total. The van der Waals surface area contributed by atoms with Crippen molar-refractivity contribution in [3.63, 3.8) is 0 Å². The van der Waals surface area contributed by atoms with Crippen LogP contribution in [-0.4, -0.2) is 0 Å². The number of rotatable bonds is 12. The summed E-state index contributed by atoms with van der Waals surface area (Å²) in [5, 5.41) is 0. The lowest BCUT2D eigenvalue weighted by molar-refractivity contribution is 0.567. The van der Waals surface area contributed by atoms with E-state index in [9.17, 15) is 0 Å². The van der Waals surface area contributed by atoms with E-state index in [-0.39, 0.29) is 0 Å². The van der Waals surface area contributed by atoms with Gasteiger partial charge in [-0.3, -0.25) is 0 Å². The van der Waals surface area contributed by atoms with Gasteiger partial charge in [-0.2, -0.15) is 0 Å². The Labute approximate surface area is 310 Å². The van der Waals surface area contributed by atoms with Gasteiger partial charge in [0.25, 0.3) is 0 Å². The van der Waals surface area contributed by atoms with Crippen LogP contribution in [0.3, 0.4) is 0 Å². The van der Waals surface area contributed by atoms with Gasteiger partial charge in [-0.25, -0.2) is 0 Å². The molecule has 0 spiro atoms. The van der Waals surface area contributed by atoms with Crippen LogP contribution < -0.4 is 0 Å². The Hall–Kier alpha value is -2.08. The van der Waals surface area contributed by atoms with Gasteiger partial charge in [-0.05, 0) is 50.7 Å². The van der Waals surface area contributed by atoms with Gasteiger partial charge < -0.3 is 0 Å². The van der Waals surface area contributed by atoms with Crippen molar-refractivity contribution < 1.29 is 0 Å². The molecule has 0 bridgehead atoms.